The highest BCUT2D eigenvalue weighted by Gasteiger charge is 2.38. The predicted octanol–water partition coefficient (Wildman–Crippen LogP) is 3.31. The van der Waals surface area contributed by atoms with Crippen molar-refractivity contribution in [3.05, 3.63) is 23.8 Å². The van der Waals surface area contributed by atoms with E-state index in [4.69, 9.17) is 5.11 Å². The Bertz CT molecular complexity index is 381. The first-order valence-electron chi connectivity index (χ1n) is 3.76. The summed E-state index contributed by atoms with van der Waals surface area (Å²) in [4.78, 5) is 0. The normalized spacial score (nSPS) is 12.6. The molecule has 8 heteroatoms. The van der Waals surface area contributed by atoms with Gasteiger partial charge in [0.05, 0.1) is 0 Å². The van der Waals surface area contributed by atoms with E-state index in [9.17, 15) is 26.3 Å². The van der Waals surface area contributed by atoms with Crippen LogP contribution in [0.25, 0.3) is 0 Å². The van der Waals surface area contributed by atoms with E-state index in [-0.39, 0.29) is 0 Å². The van der Waals surface area contributed by atoms with E-state index in [2.05, 4.69) is 4.74 Å². The molecule has 0 fully saturated rings. The monoisotopic (exact) mass is 246 g/mol. The Morgan fingerprint density at radius 1 is 1.00 bits per heavy atom. The number of hydrogen-bond acceptors (Lipinski definition) is 2. The minimum atomic E-state index is -5.16. The maximum Gasteiger partial charge on any atom is 0.573 e. The second kappa shape index (κ2) is 3.76. The zero-order chi connectivity index (χ0) is 12.6. The fourth-order valence-electron chi connectivity index (χ4n) is 0.958. The summed E-state index contributed by atoms with van der Waals surface area (Å²) in [5, 5.41) is 8.94. The van der Waals surface area contributed by atoms with Crippen molar-refractivity contribution >= 4 is 0 Å². The number of rotatable bonds is 1. The van der Waals surface area contributed by atoms with Gasteiger partial charge in [0.1, 0.15) is 5.56 Å². The van der Waals surface area contributed by atoms with Gasteiger partial charge >= 0.3 is 12.5 Å². The van der Waals surface area contributed by atoms with Crippen molar-refractivity contribution in [2.24, 2.45) is 0 Å². The molecule has 1 aromatic rings. The summed E-state index contributed by atoms with van der Waals surface area (Å²) in [6.45, 7) is 0. The van der Waals surface area contributed by atoms with E-state index in [1.807, 2.05) is 0 Å². The molecule has 0 saturated carbocycles. The van der Waals surface area contributed by atoms with Crippen molar-refractivity contribution in [1.82, 2.24) is 0 Å². The van der Waals surface area contributed by atoms with E-state index in [0.717, 1.165) is 0 Å². The van der Waals surface area contributed by atoms with Crippen molar-refractivity contribution in [1.29, 1.82) is 0 Å². The number of ether oxygens (including phenoxy) is 1. The predicted molar refractivity (Wildman–Crippen MR) is 39.8 cm³/mol. The van der Waals surface area contributed by atoms with Crippen LogP contribution in [0.2, 0.25) is 0 Å². The van der Waals surface area contributed by atoms with Crippen molar-refractivity contribution in [2.75, 3.05) is 0 Å². The van der Waals surface area contributed by atoms with Crippen LogP contribution in [0, 0.1) is 0 Å². The van der Waals surface area contributed by atoms with Crippen LogP contribution in [-0.4, -0.2) is 11.5 Å². The van der Waals surface area contributed by atoms with Crippen LogP contribution in [0.3, 0.4) is 0 Å². The zero-order valence-corrected chi connectivity index (χ0v) is 7.36. The molecule has 0 aliphatic rings. The lowest BCUT2D eigenvalue weighted by Crippen LogP contribution is -2.18. The Kier molecular flexibility index (Phi) is 2.93. The SMILES string of the molecule is Oc1c(OC(F)(F)F)cccc1C(F)(F)F. The Morgan fingerprint density at radius 2 is 1.56 bits per heavy atom. The lowest BCUT2D eigenvalue weighted by Gasteiger charge is -2.14. The van der Waals surface area contributed by atoms with Gasteiger partial charge in [0.25, 0.3) is 0 Å². The number of halogens is 6. The molecule has 1 rings (SSSR count). The van der Waals surface area contributed by atoms with Gasteiger partial charge in [-0.05, 0) is 12.1 Å². The highest BCUT2D eigenvalue weighted by atomic mass is 19.4. The average Bonchev–Trinajstić information content (AvgIpc) is 2.04. The summed E-state index contributed by atoms with van der Waals surface area (Å²) in [6, 6.07) is 1.72. The van der Waals surface area contributed by atoms with E-state index in [1.54, 1.807) is 0 Å². The second-order valence-electron chi connectivity index (χ2n) is 2.70. The minimum absolute atomic E-state index is 0.443. The third-order valence-electron chi connectivity index (χ3n) is 1.53. The fraction of sp³-hybridized carbons (Fsp3) is 0.250. The minimum Gasteiger partial charge on any atom is -0.504 e. The zero-order valence-electron chi connectivity index (χ0n) is 7.36. The molecule has 0 radical (unpaired) electrons. The molecule has 0 amide bonds. The third-order valence-corrected chi connectivity index (χ3v) is 1.53. The summed E-state index contributed by atoms with van der Waals surface area (Å²) in [5.74, 6) is -2.88. The van der Waals surface area contributed by atoms with E-state index >= 15 is 0 Å². The van der Waals surface area contributed by atoms with Gasteiger partial charge < -0.3 is 9.84 Å². The molecule has 0 heterocycles. The topological polar surface area (TPSA) is 29.5 Å². The third kappa shape index (κ3) is 2.94. The Morgan fingerprint density at radius 3 is 2.00 bits per heavy atom. The number of benzene rings is 1. The smallest absolute Gasteiger partial charge is 0.504 e. The van der Waals surface area contributed by atoms with Crippen molar-refractivity contribution in [3.8, 4) is 11.5 Å². The van der Waals surface area contributed by atoms with Crippen LogP contribution in [0.4, 0.5) is 26.3 Å². The first-order chi connectivity index (χ1) is 7.11. The molecule has 0 unspecified atom stereocenters. The molecule has 0 spiro atoms. The highest BCUT2D eigenvalue weighted by molar-refractivity contribution is 5.46. The maximum atomic E-state index is 12.2. The molecule has 0 aromatic heterocycles. The average molecular weight is 246 g/mol. The van der Waals surface area contributed by atoms with Gasteiger partial charge in [0.15, 0.2) is 11.5 Å². The van der Waals surface area contributed by atoms with Crippen LogP contribution >= 0.6 is 0 Å². The number of alkyl halides is 6. The summed E-state index contributed by atoms with van der Waals surface area (Å²) in [7, 11) is 0. The number of aromatic hydroxyl groups is 1. The van der Waals surface area contributed by atoms with Crippen LogP contribution in [0.15, 0.2) is 18.2 Å². The maximum absolute atomic E-state index is 12.2. The molecule has 0 bridgehead atoms. The van der Waals surface area contributed by atoms with Crippen molar-refractivity contribution < 1.29 is 36.2 Å². The summed E-state index contributed by atoms with van der Waals surface area (Å²) < 4.78 is 74.9. The standard InChI is InChI=1S/C8H4F6O2/c9-7(10,11)4-2-1-3-5(6(4)15)16-8(12,13)14/h1-3,15H. The Labute approximate surface area is 85.1 Å². The molecule has 1 N–H and O–H groups in total. The molecule has 0 atom stereocenters. The van der Waals surface area contributed by atoms with Gasteiger partial charge in [0.2, 0.25) is 0 Å². The summed E-state index contributed by atoms with van der Waals surface area (Å²) in [5.41, 5.74) is -1.59. The van der Waals surface area contributed by atoms with Crippen molar-refractivity contribution in [2.45, 2.75) is 12.5 Å². The Balaban J connectivity index is 3.15. The van der Waals surface area contributed by atoms with Gasteiger partial charge in [0, 0.05) is 0 Å². The van der Waals surface area contributed by atoms with Crippen LogP contribution in [0.5, 0.6) is 11.5 Å². The van der Waals surface area contributed by atoms with Gasteiger partial charge in [-0.3, -0.25) is 0 Å². The molecule has 16 heavy (non-hydrogen) atoms. The van der Waals surface area contributed by atoms with Gasteiger partial charge in [-0.2, -0.15) is 13.2 Å². The number of phenolic OH excluding ortho intramolecular Hbond substituents is 1. The van der Waals surface area contributed by atoms with Gasteiger partial charge in [-0.15, -0.1) is 13.2 Å². The molecule has 0 saturated heterocycles. The number of hydrogen-bond donors (Lipinski definition) is 1. The first kappa shape index (κ1) is 12.5. The van der Waals surface area contributed by atoms with Crippen LogP contribution in [-0.2, 0) is 6.18 Å². The summed E-state index contributed by atoms with van der Waals surface area (Å²) in [6.07, 6.45) is -10.1. The number of para-hydroxylation sites is 1. The molecule has 2 nitrogen and oxygen atoms in total. The first-order valence-corrected chi connectivity index (χ1v) is 3.76. The quantitative estimate of drug-likeness (QED) is 0.770. The number of phenols is 1. The lowest BCUT2D eigenvalue weighted by atomic mass is 10.2. The van der Waals surface area contributed by atoms with Crippen LogP contribution in [0.1, 0.15) is 5.56 Å². The highest BCUT2D eigenvalue weighted by Crippen LogP contribution is 2.41. The molecule has 0 aliphatic heterocycles. The van der Waals surface area contributed by atoms with Crippen LogP contribution < -0.4 is 4.74 Å². The molecular weight excluding hydrogens is 242 g/mol. The largest absolute Gasteiger partial charge is 0.573 e. The lowest BCUT2D eigenvalue weighted by molar-refractivity contribution is -0.275. The molecule has 90 valence electrons. The summed E-state index contributed by atoms with van der Waals surface area (Å²) >= 11 is 0. The fourth-order valence-corrected chi connectivity index (χ4v) is 0.958. The van der Waals surface area contributed by atoms with Gasteiger partial charge in [-0.25, -0.2) is 0 Å². The molecule has 1 aromatic carbocycles. The van der Waals surface area contributed by atoms with Crippen molar-refractivity contribution in [3.63, 3.8) is 0 Å². The van der Waals surface area contributed by atoms with E-state index < -0.39 is 29.6 Å². The molecule has 0 aliphatic carbocycles. The van der Waals surface area contributed by atoms with E-state index in [1.165, 1.54) is 0 Å². The molecular formula is C8H4F6O2. The van der Waals surface area contributed by atoms with E-state index in [0.29, 0.717) is 18.2 Å². The second-order valence-corrected chi connectivity index (χ2v) is 2.70. The van der Waals surface area contributed by atoms with Gasteiger partial charge in [-0.1, -0.05) is 6.07 Å². The Hall–Kier alpha value is -1.60.